The highest BCUT2D eigenvalue weighted by Crippen LogP contribution is 2.18. The predicted molar refractivity (Wildman–Crippen MR) is 111 cm³/mol. The molecular weight excluding hydrogens is 393 g/mol. The summed E-state index contributed by atoms with van der Waals surface area (Å²) in [6.45, 7) is 1.67. The fraction of sp³-hybridized carbons (Fsp3) is 0.381. The van der Waals surface area contributed by atoms with E-state index in [1.807, 2.05) is 11.4 Å². The zero-order chi connectivity index (χ0) is 20.6. The van der Waals surface area contributed by atoms with Gasteiger partial charge in [-0.3, -0.25) is 9.59 Å². The second-order valence-electron chi connectivity index (χ2n) is 7.09. The third-order valence-corrected chi connectivity index (χ3v) is 5.78. The topological polar surface area (TPSA) is 78.5 Å². The van der Waals surface area contributed by atoms with Crippen LogP contribution in [-0.4, -0.2) is 42.3 Å². The monoisotopic (exact) mass is 417 g/mol. The van der Waals surface area contributed by atoms with E-state index in [-0.39, 0.29) is 30.4 Å². The first-order valence-electron chi connectivity index (χ1n) is 9.66. The average Bonchev–Trinajstić information content (AvgIpc) is 3.25. The van der Waals surface area contributed by atoms with Gasteiger partial charge >= 0.3 is 6.03 Å². The van der Waals surface area contributed by atoms with Crippen molar-refractivity contribution in [2.24, 2.45) is 5.92 Å². The van der Waals surface area contributed by atoms with Gasteiger partial charge in [0.15, 0.2) is 5.78 Å². The molecule has 1 aromatic heterocycles. The lowest BCUT2D eigenvalue weighted by molar-refractivity contribution is -0.132. The summed E-state index contributed by atoms with van der Waals surface area (Å²) in [4.78, 5) is 39.0. The first-order valence-corrected chi connectivity index (χ1v) is 10.5. The zero-order valence-electron chi connectivity index (χ0n) is 16.0. The Morgan fingerprint density at radius 1 is 1.17 bits per heavy atom. The minimum absolute atomic E-state index is 0.00223. The van der Waals surface area contributed by atoms with Crippen molar-refractivity contribution in [2.45, 2.75) is 25.7 Å². The Labute approximate surface area is 173 Å². The molecule has 1 aromatic carbocycles. The number of halogens is 1. The van der Waals surface area contributed by atoms with Crippen LogP contribution in [0, 0.1) is 11.7 Å². The van der Waals surface area contributed by atoms with Crippen LogP contribution in [0.25, 0.3) is 0 Å². The molecule has 1 aliphatic rings. The van der Waals surface area contributed by atoms with Gasteiger partial charge in [-0.25, -0.2) is 9.18 Å². The highest BCUT2D eigenvalue weighted by atomic mass is 32.1. The maximum Gasteiger partial charge on any atom is 0.319 e. The van der Waals surface area contributed by atoms with Gasteiger partial charge in [0, 0.05) is 38.2 Å². The van der Waals surface area contributed by atoms with Gasteiger partial charge in [0.05, 0.1) is 4.88 Å². The van der Waals surface area contributed by atoms with Crippen LogP contribution in [0.5, 0.6) is 0 Å². The van der Waals surface area contributed by atoms with Crippen molar-refractivity contribution < 1.29 is 18.8 Å². The number of rotatable bonds is 7. The summed E-state index contributed by atoms with van der Waals surface area (Å²) in [6, 6.07) is 8.89. The highest BCUT2D eigenvalue weighted by molar-refractivity contribution is 7.12. The standard InChI is InChI=1S/C21H24FN3O3S/c22-16-5-1-6-17(12-16)24-21(28)23-13-15-4-2-10-25(14-15)20(27)9-8-18(26)19-7-3-11-29-19/h1,3,5-7,11-12,15H,2,4,8-10,13-14H2,(H2,23,24,28). The van der Waals surface area contributed by atoms with Gasteiger partial charge in [-0.1, -0.05) is 12.1 Å². The molecule has 1 fully saturated rings. The van der Waals surface area contributed by atoms with Crippen molar-refractivity contribution in [3.63, 3.8) is 0 Å². The SMILES string of the molecule is O=C(NCC1CCCN(C(=O)CCC(=O)c2cccs2)C1)Nc1cccc(F)c1. The second-order valence-corrected chi connectivity index (χ2v) is 8.04. The molecule has 3 amide bonds. The molecule has 0 bridgehead atoms. The van der Waals surface area contributed by atoms with Gasteiger partial charge < -0.3 is 15.5 Å². The zero-order valence-corrected chi connectivity index (χ0v) is 16.8. The Hall–Kier alpha value is -2.74. The number of Topliss-reactive ketones (excluding diaryl/α,β-unsaturated/α-hetero) is 1. The van der Waals surface area contributed by atoms with E-state index in [0.29, 0.717) is 30.2 Å². The van der Waals surface area contributed by atoms with Crippen molar-refractivity contribution in [2.75, 3.05) is 25.0 Å². The molecule has 1 aliphatic heterocycles. The molecule has 1 atom stereocenters. The Balaban J connectivity index is 1.40. The molecule has 1 saturated heterocycles. The molecule has 0 spiro atoms. The third kappa shape index (κ3) is 6.39. The maximum absolute atomic E-state index is 13.2. The summed E-state index contributed by atoms with van der Waals surface area (Å²) in [7, 11) is 0. The largest absolute Gasteiger partial charge is 0.342 e. The molecule has 3 rings (SSSR count). The number of benzene rings is 1. The van der Waals surface area contributed by atoms with E-state index in [9.17, 15) is 18.8 Å². The molecule has 29 heavy (non-hydrogen) atoms. The van der Waals surface area contributed by atoms with Crippen molar-refractivity contribution >= 4 is 34.7 Å². The number of urea groups is 1. The molecule has 1 unspecified atom stereocenters. The number of amides is 3. The number of carbonyl (C=O) groups is 3. The Morgan fingerprint density at radius 2 is 2.03 bits per heavy atom. The smallest absolute Gasteiger partial charge is 0.319 e. The van der Waals surface area contributed by atoms with E-state index in [1.165, 1.54) is 29.5 Å². The normalized spacial score (nSPS) is 16.3. The summed E-state index contributed by atoms with van der Waals surface area (Å²) in [6.07, 6.45) is 2.20. The van der Waals surface area contributed by atoms with Crippen LogP contribution in [0.2, 0.25) is 0 Å². The molecule has 0 aliphatic carbocycles. The van der Waals surface area contributed by atoms with Crippen molar-refractivity contribution in [3.05, 3.63) is 52.5 Å². The van der Waals surface area contributed by atoms with E-state index >= 15 is 0 Å². The van der Waals surface area contributed by atoms with E-state index < -0.39 is 11.8 Å². The molecular formula is C21H24FN3O3S. The average molecular weight is 418 g/mol. The molecule has 2 aromatic rings. The summed E-state index contributed by atoms with van der Waals surface area (Å²) in [5.41, 5.74) is 0.387. The molecule has 8 heteroatoms. The van der Waals surface area contributed by atoms with Crippen molar-refractivity contribution in [3.8, 4) is 0 Å². The second kappa shape index (κ2) is 10.2. The Morgan fingerprint density at radius 3 is 2.79 bits per heavy atom. The van der Waals surface area contributed by atoms with Gasteiger partial charge in [-0.15, -0.1) is 11.3 Å². The minimum Gasteiger partial charge on any atom is -0.342 e. The molecule has 0 radical (unpaired) electrons. The van der Waals surface area contributed by atoms with Crippen LogP contribution in [0.1, 0.15) is 35.4 Å². The van der Waals surface area contributed by atoms with Crippen molar-refractivity contribution in [1.82, 2.24) is 10.2 Å². The number of nitrogens with zero attached hydrogens (tertiary/aromatic N) is 1. The summed E-state index contributed by atoms with van der Waals surface area (Å²) >= 11 is 1.39. The lowest BCUT2D eigenvalue weighted by atomic mass is 9.97. The molecule has 2 heterocycles. The van der Waals surface area contributed by atoms with Crippen LogP contribution < -0.4 is 10.6 Å². The Kier molecular flexibility index (Phi) is 7.35. The third-order valence-electron chi connectivity index (χ3n) is 4.87. The minimum atomic E-state index is -0.415. The van der Waals surface area contributed by atoms with Gasteiger partial charge in [-0.2, -0.15) is 0 Å². The van der Waals surface area contributed by atoms with Crippen LogP contribution in [0.4, 0.5) is 14.9 Å². The number of hydrogen-bond acceptors (Lipinski definition) is 4. The fourth-order valence-electron chi connectivity index (χ4n) is 3.38. The Bertz CT molecular complexity index is 857. The predicted octanol–water partition coefficient (Wildman–Crippen LogP) is 3.91. The number of carbonyl (C=O) groups excluding carboxylic acids is 3. The van der Waals surface area contributed by atoms with Crippen LogP contribution >= 0.6 is 11.3 Å². The fourth-order valence-corrected chi connectivity index (χ4v) is 4.07. The summed E-state index contributed by atoms with van der Waals surface area (Å²) in [5.74, 6) is -0.290. The summed E-state index contributed by atoms with van der Waals surface area (Å²) < 4.78 is 13.2. The quantitative estimate of drug-likeness (QED) is 0.671. The van der Waals surface area contributed by atoms with E-state index in [1.54, 1.807) is 17.0 Å². The molecule has 6 nitrogen and oxygen atoms in total. The van der Waals surface area contributed by atoms with Crippen molar-refractivity contribution in [1.29, 1.82) is 0 Å². The molecule has 2 N–H and O–H groups in total. The van der Waals surface area contributed by atoms with Gasteiger partial charge in [0.2, 0.25) is 5.91 Å². The number of nitrogens with one attached hydrogen (secondary N) is 2. The number of thiophene rings is 1. The maximum atomic E-state index is 13.2. The first kappa shape index (κ1) is 21.0. The number of ketones is 1. The van der Waals surface area contributed by atoms with Gasteiger partial charge in [0.1, 0.15) is 5.82 Å². The number of hydrogen-bond donors (Lipinski definition) is 2. The van der Waals surface area contributed by atoms with Gasteiger partial charge in [0.25, 0.3) is 0 Å². The number of piperidine rings is 1. The number of anilines is 1. The molecule has 154 valence electrons. The van der Waals surface area contributed by atoms with Crippen LogP contribution in [0.3, 0.4) is 0 Å². The van der Waals surface area contributed by atoms with E-state index in [2.05, 4.69) is 10.6 Å². The lowest BCUT2D eigenvalue weighted by Gasteiger charge is -2.33. The highest BCUT2D eigenvalue weighted by Gasteiger charge is 2.24. The van der Waals surface area contributed by atoms with E-state index in [4.69, 9.17) is 0 Å². The van der Waals surface area contributed by atoms with E-state index in [0.717, 1.165) is 12.8 Å². The van der Waals surface area contributed by atoms with Gasteiger partial charge in [-0.05, 0) is 48.4 Å². The van der Waals surface area contributed by atoms with Crippen LogP contribution in [-0.2, 0) is 4.79 Å². The molecule has 0 saturated carbocycles. The summed E-state index contributed by atoms with van der Waals surface area (Å²) in [5, 5.41) is 7.23. The first-order chi connectivity index (χ1) is 14.0. The van der Waals surface area contributed by atoms with Crippen LogP contribution in [0.15, 0.2) is 41.8 Å². The lowest BCUT2D eigenvalue weighted by Crippen LogP contribution is -2.44. The number of likely N-dealkylation sites (tertiary alicyclic amines) is 1.